The Hall–Kier alpha value is -0.790. The minimum Gasteiger partial charge on any atom is -0.468 e. The van der Waals surface area contributed by atoms with Crippen LogP contribution >= 0.6 is 0 Å². The van der Waals surface area contributed by atoms with Crippen LogP contribution < -0.4 is 0 Å². The van der Waals surface area contributed by atoms with Gasteiger partial charge in [-0.3, -0.25) is 4.79 Å². The normalized spacial score (nSPS) is 16.3. The third-order valence-corrected chi connectivity index (χ3v) is 2.15. The predicted molar refractivity (Wildman–Crippen MR) is 63.6 cm³/mol. The Morgan fingerprint density at radius 3 is 2.33 bits per heavy atom. The second-order valence-electron chi connectivity index (χ2n) is 5.47. The molecule has 0 aromatic rings. The Bertz CT molecular complexity index is 201. The van der Waals surface area contributed by atoms with Crippen LogP contribution in [0.2, 0.25) is 0 Å². The number of carbonyl (C=O) groups excluding carboxylic acids is 1. The molecule has 0 bridgehead atoms. The van der Waals surface area contributed by atoms with Crippen LogP contribution in [0.15, 0.2) is 12.2 Å². The summed E-state index contributed by atoms with van der Waals surface area (Å²) in [6.45, 7) is 11.9. The lowest BCUT2D eigenvalue weighted by molar-refractivity contribution is -0.129. The largest absolute Gasteiger partial charge is 0.468 e. The average molecular weight is 212 g/mol. The van der Waals surface area contributed by atoms with E-state index in [9.17, 15) is 4.79 Å². The van der Waals surface area contributed by atoms with Crippen LogP contribution in [0.5, 0.6) is 0 Å². The topological polar surface area (TPSA) is 26.3 Å². The quantitative estimate of drug-likeness (QED) is 0.498. The Morgan fingerprint density at radius 2 is 1.87 bits per heavy atom. The van der Waals surface area contributed by atoms with Gasteiger partial charge in [-0.1, -0.05) is 46.8 Å². The Labute approximate surface area is 93.7 Å². The molecule has 0 aliphatic carbocycles. The number of carbonyl (C=O) groups is 1. The molecule has 2 heteroatoms. The molecule has 2 nitrogen and oxygen atoms in total. The lowest BCUT2D eigenvalue weighted by atomic mass is 9.91. The molecular formula is C13H24O2. The van der Waals surface area contributed by atoms with Crippen LogP contribution in [-0.4, -0.2) is 13.1 Å². The van der Waals surface area contributed by atoms with Crippen LogP contribution in [0.25, 0.3) is 0 Å². The highest BCUT2D eigenvalue weighted by Gasteiger charge is 2.09. The zero-order valence-electron chi connectivity index (χ0n) is 10.6. The second kappa shape index (κ2) is 6.65. The smallest absolute Gasteiger partial charge is 0.293 e. The molecule has 0 aromatic heterocycles. The van der Waals surface area contributed by atoms with Gasteiger partial charge in [0.1, 0.15) is 0 Å². The summed E-state index contributed by atoms with van der Waals surface area (Å²) in [6.07, 6.45) is 5.54. The molecule has 0 radical (unpaired) electrons. The number of rotatable bonds is 6. The summed E-state index contributed by atoms with van der Waals surface area (Å²) in [7, 11) is 0. The molecule has 0 spiro atoms. The molecule has 0 amide bonds. The van der Waals surface area contributed by atoms with Crippen molar-refractivity contribution in [1.82, 2.24) is 0 Å². The van der Waals surface area contributed by atoms with Gasteiger partial charge in [0.15, 0.2) is 0 Å². The minimum absolute atomic E-state index is 0.247. The molecule has 0 saturated carbocycles. The molecule has 2 atom stereocenters. The second-order valence-corrected chi connectivity index (χ2v) is 5.47. The Balaban J connectivity index is 3.87. The Morgan fingerprint density at radius 1 is 1.27 bits per heavy atom. The summed E-state index contributed by atoms with van der Waals surface area (Å²) < 4.78 is 4.74. The van der Waals surface area contributed by atoms with Gasteiger partial charge in [0.25, 0.3) is 6.47 Å². The van der Waals surface area contributed by atoms with Crippen LogP contribution in [0.3, 0.4) is 0 Å². The zero-order chi connectivity index (χ0) is 11.9. The monoisotopic (exact) mass is 212 g/mol. The first-order valence-corrected chi connectivity index (χ1v) is 5.59. The van der Waals surface area contributed by atoms with Crippen LogP contribution in [0, 0.1) is 17.3 Å². The number of hydrogen-bond donors (Lipinski definition) is 0. The molecule has 0 heterocycles. The predicted octanol–water partition coefficient (Wildman–Crippen LogP) is 3.42. The van der Waals surface area contributed by atoms with E-state index in [0.29, 0.717) is 24.9 Å². The van der Waals surface area contributed by atoms with Crippen molar-refractivity contribution in [2.75, 3.05) is 6.61 Å². The van der Waals surface area contributed by atoms with Gasteiger partial charge in [0.2, 0.25) is 0 Å². The van der Waals surface area contributed by atoms with Crippen LogP contribution in [0.1, 0.15) is 41.0 Å². The highest BCUT2D eigenvalue weighted by molar-refractivity contribution is 5.36. The van der Waals surface area contributed by atoms with Crippen molar-refractivity contribution in [3.63, 3.8) is 0 Å². The van der Waals surface area contributed by atoms with Gasteiger partial charge in [-0.05, 0) is 23.7 Å². The fourth-order valence-corrected chi connectivity index (χ4v) is 1.44. The van der Waals surface area contributed by atoms with Crippen LogP contribution in [-0.2, 0) is 9.53 Å². The van der Waals surface area contributed by atoms with Gasteiger partial charge in [-0.15, -0.1) is 0 Å². The number of ether oxygens (including phenoxy) is 1. The highest BCUT2D eigenvalue weighted by Crippen LogP contribution is 2.19. The molecule has 2 unspecified atom stereocenters. The van der Waals surface area contributed by atoms with E-state index in [0.717, 1.165) is 6.42 Å². The van der Waals surface area contributed by atoms with Crippen molar-refractivity contribution in [3.8, 4) is 0 Å². The number of allylic oxidation sites excluding steroid dienone is 2. The summed E-state index contributed by atoms with van der Waals surface area (Å²) in [5, 5.41) is 0. The van der Waals surface area contributed by atoms with Gasteiger partial charge in [-0.2, -0.15) is 0 Å². The van der Waals surface area contributed by atoms with Gasteiger partial charge in [0, 0.05) is 0 Å². The first-order valence-electron chi connectivity index (χ1n) is 5.59. The van der Waals surface area contributed by atoms with Crippen molar-refractivity contribution in [2.45, 2.75) is 41.0 Å². The fourth-order valence-electron chi connectivity index (χ4n) is 1.44. The van der Waals surface area contributed by atoms with E-state index in [1.165, 1.54) is 0 Å². The molecule has 88 valence electrons. The lowest BCUT2D eigenvalue weighted by Gasteiger charge is -2.16. The molecule has 0 rings (SSSR count). The zero-order valence-corrected chi connectivity index (χ0v) is 10.6. The Kier molecular flexibility index (Phi) is 6.30. The minimum atomic E-state index is 0.247. The number of hydrogen-bond acceptors (Lipinski definition) is 2. The van der Waals surface area contributed by atoms with Crippen molar-refractivity contribution in [1.29, 1.82) is 0 Å². The van der Waals surface area contributed by atoms with Crippen LogP contribution in [0.4, 0.5) is 0 Å². The van der Waals surface area contributed by atoms with Crippen molar-refractivity contribution >= 4 is 6.47 Å². The SMILES string of the molecule is CC(/C=C/C(C)(C)C)CC(C)COC=O. The van der Waals surface area contributed by atoms with E-state index >= 15 is 0 Å². The van der Waals surface area contributed by atoms with Crippen molar-refractivity contribution in [3.05, 3.63) is 12.2 Å². The maximum Gasteiger partial charge on any atom is 0.293 e. The van der Waals surface area contributed by atoms with E-state index in [1.807, 2.05) is 0 Å². The highest BCUT2D eigenvalue weighted by atomic mass is 16.5. The molecule has 15 heavy (non-hydrogen) atoms. The third-order valence-electron chi connectivity index (χ3n) is 2.15. The molecule has 0 aliphatic rings. The first kappa shape index (κ1) is 14.2. The summed E-state index contributed by atoms with van der Waals surface area (Å²) in [6, 6.07) is 0. The summed E-state index contributed by atoms with van der Waals surface area (Å²) in [5.41, 5.74) is 0.247. The van der Waals surface area contributed by atoms with Gasteiger partial charge in [-0.25, -0.2) is 0 Å². The molecule has 0 aliphatic heterocycles. The van der Waals surface area contributed by atoms with E-state index in [-0.39, 0.29) is 5.41 Å². The summed E-state index contributed by atoms with van der Waals surface area (Å²) in [5.74, 6) is 0.962. The summed E-state index contributed by atoms with van der Waals surface area (Å²) >= 11 is 0. The molecular weight excluding hydrogens is 188 g/mol. The van der Waals surface area contributed by atoms with Crippen molar-refractivity contribution in [2.24, 2.45) is 17.3 Å². The van der Waals surface area contributed by atoms with Gasteiger partial charge >= 0.3 is 0 Å². The third kappa shape index (κ3) is 9.51. The molecule has 0 N–H and O–H groups in total. The molecule has 0 aromatic carbocycles. The standard InChI is InChI=1S/C13H24O2/c1-11(6-7-13(3,4)5)8-12(2)9-15-10-14/h6-7,10-12H,8-9H2,1-5H3/b7-6+. The summed E-state index contributed by atoms with van der Waals surface area (Å²) in [4.78, 5) is 10.0. The van der Waals surface area contributed by atoms with E-state index < -0.39 is 0 Å². The van der Waals surface area contributed by atoms with Gasteiger partial charge in [0.05, 0.1) is 6.61 Å². The maximum atomic E-state index is 10.0. The van der Waals surface area contributed by atoms with Gasteiger partial charge < -0.3 is 4.74 Å². The van der Waals surface area contributed by atoms with E-state index in [4.69, 9.17) is 4.74 Å². The molecule has 0 fully saturated rings. The molecule has 0 saturated heterocycles. The lowest BCUT2D eigenvalue weighted by Crippen LogP contribution is -2.09. The maximum absolute atomic E-state index is 10.0. The van der Waals surface area contributed by atoms with Crippen molar-refractivity contribution < 1.29 is 9.53 Å². The fraction of sp³-hybridized carbons (Fsp3) is 0.769. The van der Waals surface area contributed by atoms with E-state index in [2.05, 4.69) is 46.8 Å². The van der Waals surface area contributed by atoms with E-state index in [1.54, 1.807) is 0 Å². The average Bonchev–Trinajstić information content (AvgIpc) is 2.10. The first-order chi connectivity index (χ1) is 6.85.